The lowest BCUT2D eigenvalue weighted by Gasteiger charge is -2.17. The molecule has 0 aromatic carbocycles. The molecule has 0 N–H and O–H groups in total. The van der Waals surface area contributed by atoms with Gasteiger partial charge in [0.05, 0.1) is 19.8 Å². The second kappa shape index (κ2) is 10.5. The molecule has 0 spiro atoms. The van der Waals surface area contributed by atoms with Crippen LogP contribution >= 0.6 is 7.14 Å². The number of hydrogen-bond donors (Lipinski definition) is 0. The van der Waals surface area contributed by atoms with Crippen LogP contribution in [0.15, 0.2) is 38.0 Å². The Kier molecular flexibility index (Phi) is 10.1. The second-order valence-corrected chi connectivity index (χ2v) is 6.31. The summed E-state index contributed by atoms with van der Waals surface area (Å²) in [6.45, 7) is 11.7. The molecule has 0 heterocycles. The summed E-state index contributed by atoms with van der Waals surface area (Å²) < 4.78 is 28.0. The summed E-state index contributed by atoms with van der Waals surface area (Å²) >= 11 is 0. The third-order valence-corrected chi connectivity index (χ3v) is 3.65. The molecule has 0 aliphatic rings. The Labute approximate surface area is 103 Å². The lowest BCUT2D eigenvalue weighted by Crippen LogP contribution is -2.09. The molecule has 0 fully saturated rings. The van der Waals surface area contributed by atoms with Gasteiger partial charge in [-0.2, -0.15) is 0 Å². The largest absolute Gasteiger partial charge is 0.370 e. The highest BCUT2D eigenvalue weighted by molar-refractivity contribution is 7.63. The monoisotopic (exact) mass is 260 g/mol. The van der Waals surface area contributed by atoms with Gasteiger partial charge in [-0.05, 0) is 0 Å². The van der Waals surface area contributed by atoms with Crippen LogP contribution in [0.3, 0.4) is 0 Å². The molecule has 0 saturated carbocycles. The minimum atomic E-state index is -2.62. The van der Waals surface area contributed by atoms with Gasteiger partial charge in [0, 0.05) is 0 Å². The molecule has 0 unspecified atom stereocenters. The highest BCUT2D eigenvalue weighted by Crippen LogP contribution is 2.45. The number of hydrogen-bond acceptors (Lipinski definition) is 4. The molecular weight excluding hydrogens is 239 g/mol. The molecule has 17 heavy (non-hydrogen) atoms. The number of ether oxygens (including phenoxy) is 3. The second-order valence-electron chi connectivity index (χ2n) is 3.42. The minimum Gasteiger partial charge on any atom is -0.370 e. The summed E-state index contributed by atoms with van der Waals surface area (Å²) in [6.07, 6.45) is 5.23. The summed E-state index contributed by atoms with van der Waals surface area (Å²) in [7, 11) is -2.62. The van der Waals surface area contributed by atoms with Crippen LogP contribution in [0.2, 0.25) is 0 Å². The lowest BCUT2D eigenvalue weighted by atomic mass is 10.7. The summed E-state index contributed by atoms with van der Waals surface area (Å²) in [4.78, 5) is 0. The van der Waals surface area contributed by atoms with Crippen LogP contribution in [-0.4, -0.2) is 38.9 Å². The Bertz CT molecular complexity index is 233. The summed E-state index contributed by atoms with van der Waals surface area (Å²) in [5, 5.41) is 0. The van der Waals surface area contributed by atoms with Crippen molar-refractivity contribution in [2.75, 3.05) is 38.9 Å². The van der Waals surface area contributed by atoms with Crippen molar-refractivity contribution in [2.24, 2.45) is 0 Å². The van der Waals surface area contributed by atoms with E-state index in [0.29, 0.717) is 19.8 Å². The maximum Gasteiger partial charge on any atom is 0.161 e. The molecule has 0 atom stereocenters. The summed E-state index contributed by atoms with van der Waals surface area (Å²) in [5.74, 6) is 0. The first-order chi connectivity index (χ1) is 8.18. The van der Waals surface area contributed by atoms with Crippen molar-refractivity contribution < 1.29 is 18.8 Å². The van der Waals surface area contributed by atoms with Gasteiger partial charge in [0.1, 0.15) is 19.0 Å². The van der Waals surface area contributed by atoms with Crippen LogP contribution in [0.1, 0.15) is 0 Å². The maximum atomic E-state index is 12.4. The third kappa shape index (κ3) is 9.07. The molecule has 0 aromatic rings. The summed E-state index contributed by atoms with van der Waals surface area (Å²) in [6, 6.07) is 0. The van der Waals surface area contributed by atoms with Gasteiger partial charge in [-0.25, -0.2) is 0 Å². The van der Waals surface area contributed by atoms with Crippen molar-refractivity contribution in [3.63, 3.8) is 0 Å². The van der Waals surface area contributed by atoms with Gasteiger partial charge in [-0.1, -0.05) is 18.2 Å². The SMILES string of the molecule is C=CCOCP(=O)(COCC=C)COCC=C. The van der Waals surface area contributed by atoms with E-state index in [1.54, 1.807) is 18.2 Å². The van der Waals surface area contributed by atoms with Gasteiger partial charge >= 0.3 is 0 Å². The van der Waals surface area contributed by atoms with Crippen LogP contribution in [0.5, 0.6) is 0 Å². The molecule has 0 rings (SSSR count). The zero-order valence-corrected chi connectivity index (χ0v) is 11.1. The van der Waals surface area contributed by atoms with E-state index in [9.17, 15) is 4.57 Å². The van der Waals surface area contributed by atoms with Crippen molar-refractivity contribution in [3.8, 4) is 0 Å². The Morgan fingerprint density at radius 3 is 1.29 bits per heavy atom. The Morgan fingerprint density at radius 1 is 0.765 bits per heavy atom. The van der Waals surface area contributed by atoms with Crippen LogP contribution in [0.4, 0.5) is 0 Å². The normalized spacial score (nSPS) is 11.1. The Balaban J connectivity index is 4.12. The first-order valence-electron chi connectivity index (χ1n) is 5.31. The highest BCUT2D eigenvalue weighted by atomic mass is 31.2. The molecule has 0 amide bonds. The van der Waals surface area contributed by atoms with Crippen molar-refractivity contribution in [1.82, 2.24) is 0 Å². The fourth-order valence-electron chi connectivity index (χ4n) is 1.02. The first kappa shape index (κ1) is 16.3. The van der Waals surface area contributed by atoms with E-state index in [4.69, 9.17) is 14.2 Å². The van der Waals surface area contributed by atoms with Gasteiger partial charge < -0.3 is 18.8 Å². The van der Waals surface area contributed by atoms with Gasteiger partial charge in [-0.3, -0.25) is 0 Å². The quantitative estimate of drug-likeness (QED) is 0.307. The highest BCUT2D eigenvalue weighted by Gasteiger charge is 2.23. The van der Waals surface area contributed by atoms with E-state index in [-0.39, 0.29) is 19.0 Å². The number of rotatable bonds is 12. The predicted octanol–water partition coefficient (Wildman–Crippen LogP) is 2.83. The molecule has 4 nitrogen and oxygen atoms in total. The molecular formula is C12H21O4P. The standard InChI is InChI=1S/C12H21O4P/c1-4-7-14-10-17(13,11-15-8-5-2)12-16-9-6-3/h4-6H,1-3,7-12H2. The molecule has 0 bridgehead atoms. The van der Waals surface area contributed by atoms with E-state index >= 15 is 0 Å². The van der Waals surface area contributed by atoms with E-state index in [0.717, 1.165) is 0 Å². The van der Waals surface area contributed by atoms with Crippen molar-refractivity contribution in [1.29, 1.82) is 0 Å². The van der Waals surface area contributed by atoms with Crippen molar-refractivity contribution >= 4 is 7.14 Å². The van der Waals surface area contributed by atoms with E-state index in [1.807, 2.05) is 0 Å². The molecule has 5 heteroatoms. The third-order valence-electron chi connectivity index (χ3n) is 1.69. The van der Waals surface area contributed by atoms with E-state index < -0.39 is 7.14 Å². The van der Waals surface area contributed by atoms with Crippen LogP contribution in [-0.2, 0) is 18.8 Å². The first-order valence-corrected chi connectivity index (χ1v) is 7.58. The smallest absolute Gasteiger partial charge is 0.161 e. The van der Waals surface area contributed by atoms with Gasteiger partial charge in [0.25, 0.3) is 0 Å². The van der Waals surface area contributed by atoms with Gasteiger partial charge in [0.15, 0.2) is 7.14 Å². The minimum absolute atomic E-state index is 0.132. The van der Waals surface area contributed by atoms with Crippen LogP contribution < -0.4 is 0 Å². The van der Waals surface area contributed by atoms with E-state index in [2.05, 4.69) is 19.7 Å². The molecule has 0 saturated heterocycles. The van der Waals surface area contributed by atoms with Crippen LogP contribution in [0.25, 0.3) is 0 Å². The predicted molar refractivity (Wildman–Crippen MR) is 70.7 cm³/mol. The topological polar surface area (TPSA) is 44.8 Å². The Morgan fingerprint density at radius 2 is 1.06 bits per heavy atom. The molecule has 0 aromatic heterocycles. The van der Waals surface area contributed by atoms with Crippen molar-refractivity contribution in [3.05, 3.63) is 38.0 Å². The van der Waals surface area contributed by atoms with Gasteiger partial charge in [0.2, 0.25) is 0 Å². The zero-order valence-electron chi connectivity index (χ0n) is 10.2. The molecule has 0 aliphatic heterocycles. The zero-order chi connectivity index (χ0) is 13.0. The fraction of sp³-hybridized carbons (Fsp3) is 0.500. The average Bonchev–Trinajstić information content (AvgIpc) is 2.30. The molecule has 98 valence electrons. The Hall–Kier alpha value is -0.670. The lowest BCUT2D eigenvalue weighted by molar-refractivity contribution is 0.164. The summed E-state index contributed by atoms with van der Waals surface area (Å²) in [5.41, 5.74) is 0. The molecule has 0 radical (unpaired) electrons. The van der Waals surface area contributed by atoms with E-state index in [1.165, 1.54) is 0 Å². The van der Waals surface area contributed by atoms with Crippen LogP contribution in [0, 0.1) is 0 Å². The molecule has 0 aliphatic carbocycles. The average molecular weight is 260 g/mol. The van der Waals surface area contributed by atoms with Crippen molar-refractivity contribution in [2.45, 2.75) is 0 Å². The fourth-order valence-corrected chi connectivity index (χ4v) is 2.56. The maximum absolute atomic E-state index is 12.4. The van der Waals surface area contributed by atoms with Gasteiger partial charge in [-0.15, -0.1) is 19.7 Å².